The first-order valence-corrected chi connectivity index (χ1v) is 6.87. The van der Waals surface area contributed by atoms with Crippen molar-refractivity contribution in [2.24, 2.45) is 5.16 Å². The monoisotopic (exact) mass is 274 g/mol. The minimum atomic E-state index is -0.434. The highest BCUT2D eigenvalue weighted by Gasteiger charge is 2.41. The molecule has 1 unspecified atom stereocenters. The molecule has 20 heavy (non-hydrogen) atoms. The number of hydrogen-bond acceptors (Lipinski definition) is 4. The van der Waals surface area contributed by atoms with Gasteiger partial charge in [-0.3, -0.25) is 4.79 Å². The molecule has 2 aliphatic heterocycles. The van der Waals surface area contributed by atoms with E-state index in [1.807, 2.05) is 31.3 Å². The smallest absolute Gasteiger partial charge is 0.222 e. The van der Waals surface area contributed by atoms with Crippen LogP contribution in [0.1, 0.15) is 31.2 Å². The third-order valence-electron chi connectivity index (χ3n) is 4.26. The Morgan fingerprint density at radius 2 is 2.15 bits per heavy atom. The molecule has 1 aromatic rings. The predicted octanol–water partition coefficient (Wildman–Crippen LogP) is 2.03. The molecule has 0 radical (unpaired) electrons. The van der Waals surface area contributed by atoms with Gasteiger partial charge in [0.1, 0.15) is 11.4 Å². The fraction of sp³-hybridized carbons (Fsp3) is 0.467. The van der Waals surface area contributed by atoms with E-state index in [9.17, 15) is 10.0 Å². The van der Waals surface area contributed by atoms with Crippen molar-refractivity contribution in [3.8, 4) is 5.75 Å². The number of amides is 1. The average Bonchev–Trinajstić information content (AvgIpc) is 2.61. The van der Waals surface area contributed by atoms with Crippen molar-refractivity contribution in [1.29, 1.82) is 0 Å². The van der Waals surface area contributed by atoms with Crippen LogP contribution in [-0.4, -0.2) is 40.9 Å². The zero-order valence-corrected chi connectivity index (χ0v) is 11.5. The van der Waals surface area contributed by atoms with Crippen LogP contribution in [0.3, 0.4) is 0 Å². The topological polar surface area (TPSA) is 62.1 Å². The largest absolute Gasteiger partial charge is 0.486 e. The summed E-state index contributed by atoms with van der Waals surface area (Å²) < 4.78 is 6.20. The second kappa shape index (κ2) is 4.81. The SMILES string of the molecule is CN1CCC2(CCC1=O)C/C(=N\O)c1ccccc1O2. The highest BCUT2D eigenvalue weighted by Crippen LogP contribution is 2.39. The Balaban J connectivity index is 1.95. The zero-order chi connectivity index (χ0) is 14.2. The van der Waals surface area contributed by atoms with Crippen molar-refractivity contribution in [3.63, 3.8) is 0 Å². The van der Waals surface area contributed by atoms with Gasteiger partial charge >= 0.3 is 0 Å². The van der Waals surface area contributed by atoms with Crippen LogP contribution in [0.2, 0.25) is 0 Å². The average molecular weight is 274 g/mol. The standard InChI is InChI=1S/C15H18N2O3/c1-17-9-8-15(7-6-14(17)18)10-12(16-19)11-4-2-3-5-13(11)20-15/h2-5,19H,6-10H2,1H3/b16-12+. The lowest BCUT2D eigenvalue weighted by atomic mass is 9.84. The van der Waals surface area contributed by atoms with Gasteiger partial charge in [0.2, 0.25) is 5.91 Å². The van der Waals surface area contributed by atoms with Crippen molar-refractivity contribution < 1.29 is 14.7 Å². The summed E-state index contributed by atoms with van der Waals surface area (Å²) in [5.74, 6) is 0.885. The number of carbonyl (C=O) groups is 1. The van der Waals surface area contributed by atoms with E-state index in [2.05, 4.69) is 5.16 Å². The first-order chi connectivity index (χ1) is 9.63. The molecule has 2 aliphatic rings. The van der Waals surface area contributed by atoms with E-state index < -0.39 is 5.60 Å². The van der Waals surface area contributed by atoms with Gasteiger partial charge in [-0.15, -0.1) is 0 Å². The van der Waals surface area contributed by atoms with Gasteiger partial charge in [-0.1, -0.05) is 17.3 Å². The van der Waals surface area contributed by atoms with Crippen molar-refractivity contribution in [3.05, 3.63) is 29.8 Å². The summed E-state index contributed by atoms with van der Waals surface area (Å²) in [4.78, 5) is 13.6. The second-order valence-corrected chi connectivity index (χ2v) is 5.57. The van der Waals surface area contributed by atoms with Gasteiger partial charge in [0.15, 0.2) is 0 Å². The molecule has 1 N–H and O–H groups in total. The molecular formula is C15H18N2O3. The minimum Gasteiger partial charge on any atom is -0.486 e. The van der Waals surface area contributed by atoms with Gasteiger partial charge in [-0.05, 0) is 18.6 Å². The maximum absolute atomic E-state index is 11.8. The quantitative estimate of drug-likeness (QED) is 0.581. The van der Waals surface area contributed by atoms with Crippen LogP contribution in [0.25, 0.3) is 0 Å². The molecule has 1 spiro atoms. The number of likely N-dealkylation sites (tertiary alicyclic amines) is 1. The van der Waals surface area contributed by atoms with Crippen molar-refractivity contribution in [2.75, 3.05) is 13.6 Å². The molecule has 106 valence electrons. The summed E-state index contributed by atoms with van der Waals surface area (Å²) >= 11 is 0. The molecular weight excluding hydrogens is 256 g/mol. The van der Waals surface area contributed by atoms with E-state index in [1.165, 1.54) is 0 Å². The van der Waals surface area contributed by atoms with E-state index in [4.69, 9.17) is 4.74 Å². The third kappa shape index (κ3) is 2.13. The number of oxime groups is 1. The van der Waals surface area contributed by atoms with Crippen LogP contribution < -0.4 is 4.74 Å². The molecule has 1 fully saturated rings. The highest BCUT2D eigenvalue weighted by molar-refractivity contribution is 6.04. The van der Waals surface area contributed by atoms with Gasteiger partial charge in [0.05, 0.1) is 5.71 Å². The molecule has 3 rings (SSSR count). The van der Waals surface area contributed by atoms with Crippen LogP contribution in [-0.2, 0) is 4.79 Å². The maximum atomic E-state index is 11.8. The van der Waals surface area contributed by atoms with Crippen molar-refractivity contribution in [2.45, 2.75) is 31.3 Å². The molecule has 0 aliphatic carbocycles. The summed E-state index contributed by atoms with van der Waals surface area (Å²) in [5, 5.41) is 12.7. The zero-order valence-electron chi connectivity index (χ0n) is 11.5. The Hall–Kier alpha value is -2.04. The molecule has 1 aromatic carbocycles. The summed E-state index contributed by atoms with van der Waals surface area (Å²) in [6, 6.07) is 7.58. The number of carbonyl (C=O) groups excluding carboxylic acids is 1. The lowest BCUT2D eigenvalue weighted by molar-refractivity contribution is -0.129. The van der Waals surface area contributed by atoms with Gasteiger partial charge in [0, 0.05) is 38.4 Å². The number of rotatable bonds is 0. The van der Waals surface area contributed by atoms with E-state index in [0.29, 0.717) is 31.5 Å². The molecule has 5 heteroatoms. The molecule has 1 saturated heterocycles. The lowest BCUT2D eigenvalue weighted by Crippen LogP contribution is -2.43. The highest BCUT2D eigenvalue weighted by atomic mass is 16.5. The summed E-state index contributed by atoms with van der Waals surface area (Å²) in [7, 11) is 1.82. The van der Waals surface area contributed by atoms with Gasteiger partial charge in [-0.2, -0.15) is 0 Å². The molecule has 1 atom stereocenters. The Morgan fingerprint density at radius 1 is 1.35 bits per heavy atom. The second-order valence-electron chi connectivity index (χ2n) is 5.57. The molecule has 5 nitrogen and oxygen atoms in total. The molecule has 2 heterocycles. The van der Waals surface area contributed by atoms with Gasteiger partial charge in [-0.25, -0.2) is 0 Å². The van der Waals surface area contributed by atoms with Crippen molar-refractivity contribution >= 4 is 11.6 Å². The third-order valence-corrected chi connectivity index (χ3v) is 4.26. The van der Waals surface area contributed by atoms with Crippen molar-refractivity contribution in [1.82, 2.24) is 4.90 Å². The summed E-state index contributed by atoms with van der Waals surface area (Å²) in [5.41, 5.74) is 1.05. The van der Waals surface area contributed by atoms with E-state index in [1.54, 1.807) is 4.90 Å². The number of ether oxygens (including phenoxy) is 1. The molecule has 1 amide bonds. The van der Waals surface area contributed by atoms with Crippen LogP contribution in [0.5, 0.6) is 5.75 Å². The minimum absolute atomic E-state index is 0.145. The molecule has 0 aromatic heterocycles. The first-order valence-electron chi connectivity index (χ1n) is 6.87. The fourth-order valence-electron chi connectivity index (χ4n) is 2.98. The molecule has 0 bridgehead atoms. The van der Waals surface area contributed by atoms with E-state index in [0.717, 1.165) is 17.7 Å². The number of fused-ring (bicyclic) bond motifs is 1. The summed E-state index contributed by atoms with van der Waals surface area (Å²) in [6.07, 6.45) is 2.42. The van der Waals surface area contributed by atoms with Crippen LogP contribution in [0.4, 0.5) is 0 Å². The van der Waals surface area contributed by atoms with Crippen LogP contribution in [0, 0.1) is 0 Å². The number of para-hydroxylation sites is 1. The van der Waals surface area contributed by atoms with E-state index >= 15 is 0 Å². The maximum Gasteiger partial charge on any atom is 0.222 e. The fourth-order valence-corrected chi connectivity index (χ4v) is 2.98. The van der Waals surface area contributed by atoms with Crippen LogP contribution in [0.15, 0.2) is 29.4 Å². The Labute approximate surface area is 117 Å². The molecule has 0 saturated carbocycles. The Morgan fingerprint density at radius 3 is 2.95 bits per heavy atom. The van der Waals surface area contributed by atoms with Gasteiger partial charge < -0.3 is 14.8 Å². The van der Waals surface area contributed by atoms with E-state index in [-0.39, 0.29) is 5.91 Å². The predicted molar refractivity (Wildman–Crippen MR) is 74.2 cm³/mol. The first kappa shape index (κ1) is 13.0. The number of hydrogen-bond donors (Lipinski definition) is 1. The Kier molecular flexibility index (Phi) is 3.12. The van der Waals surface area contributed by atoms with Gasteiger partial charge in [0.25, 0.3) is 0 Å². The van der Waals surface area contributed by atoms with Crippen LogP contribution >= 0.6 is 0 Å². The Bertz CT molecular complexity index is 570. The summed E-state index contributed by atoms with van der Waals surface area (Å²) in [6.45, 7) is 0.666. The number of benzene rings is 1. The lowest BCUT2D eigenvalue weighted by Gasteiger charge is -2.38. The number of nitrogens with zero attached hydrogens (tertiary/aromatic N) is 2. The normalized spacial score (nSPS) is 28.1.